The topological polar surface area (TPSA) is 100 Å². The highest BCUT2D eigenvalue weighted by Gasteiger charge is 2.16. The lowest BCUT2D eigenvalue weighted by molar-refractivity contribution is 0.619. The lowest BCUT2D eigenvalue weighted by Crippen LogP contribution is -2.11. The van der Waals surface area contributed by atoms with Gasteiger partial charge in [0.15, 0.2) is 11.0 Å². The summed E-state index contributed by atoms with van der Waals surface area (Å²) in [4.78, 5) is 0. The number of nitrogens with two attached hydrogens (primary N) is 1. The van der Waals surface area contributed by atoms with Gasteiger partial charge in [-0.1, -0.05) is 58.8 Å². The molecule has 0 atom stereocenters. The van der Waals surface area contributed by atoms with Crippen molar-refractivity contribution in [1.29, 1.82) is 0 Å². The summed E-state index contributed by atoms with van der Waals surface area (Å²) in [6.07, 6.45) is 0. The molecule has 0 spiro atoms. The number of benzene rings is 2. The van der Waals surface area contributed by atoms with E-state index in [1.807, 2.05) is 59.2 Å². The van der Waals surface area contributed by atoms with Crippen molar-refractivity contribution in [2.24, 2.45) is 0 Å². The molecule has 0 aliphatic rings. The molecule has 2 aromatic carbocycles. The molecule has 10 heteroatoms. The lowest BCUT2D eigenvalue weighted by Gasteiger charge is -2.10. The molecular formula is C17H15ClN8S. The molecular weight excluding hydrogens is 384 g/mol. The minimum atomic E-state index is 0.228. The van der Waals surface area contributed by atoms with Crippen LogP contribution < -0.4 is 5.73 Å². The van der Waals surface area contributed by atoms with Crippen LogP contribution in [-0.2, 0) is 12.3 Å². The van der Waals surface area contributed by atoms with Gasteiger partial charge in [-0.3, -0.25) is 4.57 Å². The predicted octanol–water partition coefficient (Wildman–Crippen LogP) is 2.83. The number of nitrogen functional groups attached to an aromatic ring is 1. The molecule has 0 radical (unpaired) electrons. The maximum atomic E-state index is 6.08. The smallest absolute Gasteiger partial charge is 0.240 e. The first-order valence-corrected chi connectivity index (χ1v) is 9.45. The van der Waals surface area contributed by atoms with Gasteiger partial charge in [0.1, 0.15) is 6.54 Å². The van der Waals surface area contributed by atoms with Crippen molar-refractivity contribution < 1.29 is 0 Å². The van der Waals surface area contributed by atoms with Crippen LogP contribution in [0.4, 0.5) is 5.95 Å². The Balaban J connectivity index is 1.66. The fraction of sp³-hybridized carbons (Fsp3) is 0.118. The molecule has 27 heavy (non-hydrogen) atoms. The Kier molecular flexibility index (Phi) is 5.03. The number of tetrazole rings is 1. The third-order valence-corrected chi connectivity index (χ3v) is 5.06. The Labute approximate surface area is 164 Å². The van der Waals surface area contributed by atoms with E-state index < -0.39 is 0 Å². The summed E-state index contributed by atoms with van der Waals surface area (Å²) in [5.74, 6) is 1.64. The second-order valence-corrected chi connectivity index (χ2v) is 7.06. The molecule has 0 saturated heterocycles. The number of rotatable bonds is 6. The summed E-state index contributed by atoms with van der Waals surface area (Å²) < 4.78 is 3.46. The Bertz CT molecular complexity index is 1050. The molecule has 0 aliphatic heterocycles. The van der Waals surface area contributed by atoms with Gasteiger partial charge in [-0.15, -0.1) is 10.2 Å². The monoisotopic (exact) mass is 398 g/mol. The van der Waals surface area contributed by atoms with Crippen LogP contribution in [0.2, 0.25) is 5.02 Å². The molecule has 0 unspecified atom stereocenters. The number of hydrogen-bond donors (Lipinski definition) is 1. The molecule has 4 aromatic rings. The van der Waals surface area contributed by atoms with Crippen LogP contribution in [0.5, 0.6) is 0 Å². The second-order valence-electron chi connectivity index (χ2n) is 5.68. The van der Waals surface area contributed by atoms with E-state index in [4.69, 9.17) is 17.3 Å². The molecule has 0 fully saturated rings. The number of anilines is 1. The highest BCUT2D eigenvalue weighted by atomic mass is 35.5. The average Bonchev–Trinajstić information content (AvgIpc) is 3.27. The van der Waals surface area contributed by atoms with Crippen molar-refractivity contribution in [2.45, 2.75) is 17.5 Å². The van der Waals surface area contributed by atoms with E-state index in [9.17, 15) is 0 Å². The minimum Gasteiger partial charge on any atom is -0.367 e. The first kappa shape index (κ1) is 17.5. The van der Waals surface area contributed by atoms with Crippen LogP contribution in [0.1, 0.15) is 11.4 Å². The third-order valence-electron chi connectivity index (χ3n) is 3.82. The van der Waals surface area contributed by atoms with Crippen LogP contribution in [0.25, 0.3) is 5.69 Å². The van der Waals surface area contributed by atoms with Crippen LogP contribution in [0.3, 0.4) is 0 Å². The number of nitrogens with zero attached hydrogens (tertiary/aromatic N) is 7. The van der Waals surface area contributed by atoms with E-state index in [1.165, 1.54) is 4.68 Å². The van der Waals surface area contributed by atoms with Gasteiger partial charge in [-0.05, 0) is 40.3 Å². The van der Waals surface area contributed by atoms with Crippen LogP contribution in [0.15, 0.2) is 59.8 Å². The number of thioether (sulfide) groups is 1. The third kappa shape index (κ3) is 3.93. The maximum Gasteiger partial charge on any atom is 0.240 e. The maximum absolute atomic E-state index is 6.08. The number of halogens is 1. The van der Waals surface area contributed by atoms with Crippen LogP contribution in [-0.4, -0.2) is 35.0 Å². The van der Waals surface area contributed by atoms with Gasteiger partial charge in [0.05, 0.1) is 0 Å². The summed E-state index contributed by atoms with van der Waals surface area (Å²) in [5.41, 5.74) is 7.85. The van der Waals surface area contributed by atoms with Gasteiger partial charge in [0, 0.05) is 16.5 Å². The molecule has 0 saturated carbocycles. The standard InChI is InChI=1S/C17H15ClN8S/c18-13-6-4-5-12(9-13)11-27-17-22-20-15(10-25-16(19)21-23-24-25)26(17)14-7-2-1-3-8-14/h1-9H,10-11H2,(H2,19,21,24). The van der Waals surface area contributed by atoms with Gasteiger partial charge < -0.3 is 5.73 Å². The van der Waals surface area contributed by atoms with Gasteiger partial charge >= 0.3 is 0 Å². The lowest BCUT2D eigenvalue weighted by atomic mass is 10.2. The summed E-state index contributed by atoms with van der Waals surface area (Å²) >= 11 is 7.66. The van der Waals surface area contributed by atoms with Gasteiger partial charge in [0.25, 0.3) is 0 Å². The minimum absolute atomic E-state index is 0.228. The second kappa shape index (κ2) is 7.77. The van der Waals surface area contributed by atoms with Gasteiger partial charge in [-0.2, -0.15) is 0 Å². The largest absolute Gasteiger partial charge is 0.367 e. The van der Waals surface area contributed by atoms with Crippen LogP contribution >= 0.6 is 23.4 Å². The molecule has 136 valence electrons. The number of hydrogen-bond acceptors (Lipinski definition) is 7. The molecule has 2 N–H and O–H groups in total. The fourth-order valence-corrected chi connectivity index (χ4v) is 3.69. The van der Waals surface area contributed by atoms with E-state index in [0.29, 0.717) is 17.4 Å². The average molecular weight is 399 g/mol. The van der Waals surface area contributed by atoms with Crippen molar-refractivity contribution in [3.05, 3.63) is 71.0 Å². The summed E-state index contributed by atoms with van der Waals surface area (Å²) in [7, 11) is 0. The van der Waals surface area contributed by atoms with E-state index in [0.717, 1.165) is 22.2 Å². The Hall–Kier alpha value is -2.91. The molecule has 0 aliphatic carbocycles. The molecule has 0 bridgehead atoms. The van der Waals surface area contributed by atoms with E-state index in [-0.39, 0.29) is 5.95 Å². The molecule has 2 heterocycles. The normalized spacial score (nSPS) is 11.0. The number of para-hydroxylation sites is 1. The predicted molar refractivity (Wildman–Crippen MR) is 104 cm³/mol. The first-order chi connectivity index (χ1) is 13.2. The first-order valence-electron chi connectivity index (χ1n) is 8.09. The van der Waals surface area contributed by atoms with E-state index in [2.05, 4.69) is 25.7 Å². The fourth-order valence-electron chi connectivity index (χ4n) is 2.57. The zero-order valence-electron chi connectivity index (χ0n) is 14.1. The summed E-state index contributed by atoms with van der Waals surface area (Å²) in [6, 6.07) is 17.7. The molecule has 0 amide bonds. The SMILES string of the molecule is Nc1nnnn1Cc1nnc(SCc2cccc(Cl)c2)n1-c1ccccc1. The molecule has 8 nitrogen and oxygen atoms in total. The summed E-state index contributed by atoms with van der Waals surface area (Å²) in [5, 5.41) is 21.3. The highest BCUT2D eigenvalue weighted by Crippen LogP contribution is 2.26. The van der Waals surface area contributed by atoms with Gasteiger partial charge in [-0.25, -0.2) is 4.68 Å². The molecule has 2 aromatic heterocycles. The molecule has 4 rings (SSSR count). The van der Waals surface area contributed by atoms with Crippen molar-refractivity contribution in [3.8, 4) is 5.69 Å². The van der Waals surface area contributed by atoms with Gasteiger partial charge in [0.2, 0.25) is 5.95 Å². The quantitative estimate of drug-likeness (QED) is 0.498. The van der Waals surface area contributed by atoms with E-state index in [1.54, 1.807) is 11.8 Å². The van der Waals surface area contributed by atoms with Crippen molar-refractivity contribution in [1.82, 2.24) is 35.0 Å². The van der Waals surface area contributed by atoms with Crippen molar-refractivity contribution >= 4 is 29.3 Å². The Morgan fingerprint density at radius 1 is 1.00 bits per heavy atom. The Morgan fingerprint density at radius 3 is 2.59 bits per heavy atom. The zero-order valence-corrected chi connectivity index (χ0v) is 15.7. The summed E-state index contributed by atoms with van der Waals surface area (Å²) in [6.45, 7) is 0.318. The Morgan fingerprint density at radius 2 is 1.85 bits per heavy atom. The van der Waals surface area contributed by atoms with E-state index >= 15 is 0 Å². The van der Waals surface area contributed by atoms with Crippen molar-refractivity contribution in [2.75, 3.05) is 5.73 Å². The zero-order chi connectivity index (χ0) is 18.6. The highest BCUT2D eigenvalue weighted by molar-refractivity contribution is 7.98. The number of aromatic nitrogens is 7. The van der Waals surface area contributed by atoms with Crippen molar-refractivity contribution in [3.63, 3.8) is 0 Å². The van der Waals surface area contributed by atoms with Crippen LogP contribution in [0, 0.1) is 0 Å².